The van der Waals surface area contributed by atoms with Crippen molar-refractivity contribution in [3.05, 3.63) is 65.0 Å². The molecule has 1 aliphatic rings. The molecule has 1 unspecified atom stereocenters. The number of ether oxygens (including phenoxy) is 1. The van der Waals surface area contributed by atoms with Gasteiger partial charge in [0.2, 0.25) is 0 Å². The molecule has 178 valence electrons. The number of aryl methyl sites for hydroxylation is 1. The van der Waals surface area contributed by atoms with Crippen molar-refractivity contribution in [2.24, 2.45) is 0 Å². The Balaban J connectivity index is 1.57. The van der Waals surface area contributed by atoms with Crippen LogP contribution in [-0.4, -0.2) is 54.7 Å². The molecule has 0 saturated carbocycles. The molecule has 1 fully saturated rings. The zero-order valence-electron chi connectivity index (χ0n) is 20.0. The van der Waals surface area contributed by atoms with Crippen LogP contribution in [0.15, 0.2) is 42.5 Å². The van der Waals surface area contributed by atoms with Gasteiger partial charge in [-0.05, 0) is 50.8 Å². The van der Waals surface area contributed by atoms with Gasteiger partial charge >= 0.3 is 6.03 Å². The lowest BCUT2D eigenvalue weighted by molar-refractivity contribution is 0.0912. The van der Waals surface area contributed by atoms with Crippen molar-refractivity contribution in [1.82, 2.24) is 20.5 Å². The van der Waals surface area contributed by atoms with E-state index in [2.05, 4.69) is 17.6 Å². The molecule has 3 rings (SSSR count). The summed E-state index contributed by atoms with van der Waals surface area (Å²) < 4.78 is 5.45. The molecule has 3 amide bonds. The van der Waals surface area contributed by atoms with Gasteiger partial charge in [-0.25, -0.2) is 4.79 Å². The fourth-order valence-electron chi connectivity index (χ4n) is 4.12. The Labute approximate surface area is 196 Å². The number of hydrogen-bond donors (Lipinski definition) is 2. The van der Waals surface area contributed by atoms with Crippen molar-refractivity contribution in [3.63, 3.8) is 0 Å². The maximum absolute atomic E-state index is 12.8. The Morgan fingerprint density at radius 3 is 2.55 bits per heavy atom. The minimum absolute atomic E-state index is 0.0490. The van der Waals surface area contributed by atoms with E-state index in [1.165, 1.54) is 0 Å². The van der Waals surface area contributed by atoms with E-state index < -0.39 is 0 Å². The summed E-state index contributed by atoms with van der Waals surface area (Å²) in [4.78, 5) is 32.2. The van der Waals surface area contributed by atoms with E-state index in [0.29, 0.717) is 38.4 Å². The standard InChI is InChI=1S/C26H36N4O3/c1-4-17-33-18-14-27-25(31)23-11-10-19(2)28-24(23)22-12-15-30(16-13-22)26(32)29-20(3)21-8-6-5-7-9-21/h5-11,20,22H,4,12-18H2,1-3H3,(H,27,31)(H,29,32). The van der Waals surface area contributed by atoms with Gasteiger partial charge < -0.3 is 20.3 Å². The van der Waals surface area contributed by atoms with Crippen molar-refractivity contribution < 1.29 is 14.3 Å². The maximum Gasteiger partial charge on any atom is 0.317 e. The highest BCUT2D eigenvalue weighted by atomic mass is 16.5. The van der Waals surface area contributed by atoms with Crippen molar-refractivity contribution in [3.8, 4) is 0 Å². The lowest BCUT2D eigenvalue weighted by Gasteiger charge is -2.33. The minimum Gasteiger partial charge on any atom is -0.380 e. The van der Waals surface area contributed by atoms with Crippen molar-refractivity contribution in [2.75, 3.05) is 32.8 Å². The zero-order chi connectivity index (χ0) is 23.6. The molecular weight excluding hydrogens is 416 g/mol. The Morgan fingerprint density at radius 2 is 1.85 bits per heavy atom. The van der Waals surface area contributed by atoms with Gasteiger partial charge in [0.15, 0.2) is 0 Å². The molecule has 1 saturated heterocycles. The molecule has 1 atom stereocenters. The molecule has 7 nitrogen and oxygen atoms in total. The Morgan fingerprint density at radius 1 is 1.12 bits per heavy atom. The van der Waals surface area contributed by atoms with Gasteiger partial charge in [0.05, 0.1) is 23.9 Å². The number of urea groups is 1. The first-order valence-corrected chi connectivity index (χ1v) is 11.9. The Kier molecular flexibility index (Phi) is 9.24. The molecule has 33 heavy (non-hydrogen) atoms. The molecule has 1 aromatic carbocycles. The predicted molar refractivity (Wildman–Crippen MR) is 129 cm³/mol. The normalized spacial score (nSPS) is 15.2. The van der Waals surface area contributed by atoms with E-state index in [-0.39, 0.29) is 23.9 Å². The predicted octanol–water partition coefficient (Wildman–Crippen LogP) is 4.20. The van der Waals surface area contributed by atoms with Crippen LogP contribution in [-0.2, 0) is 4.74 Å². The summed E-state index contributed by atoms with van der Waals surface area (Å²) in [5.74, 6) is 0.0343. The van der Waals surface area contributed by atoms with Crippen LogP contribution in [0.3, 0.4) is 0 Å². The van der Waals surface area contributed by atoms with E-state index in [9.17, 15) is 9.59 Å². The highest BCUT2D eigenvalue weighted by Gasteiger charge is 2.28. The summed E-state index contributed by atoms with van der Waals surface area (Å²) in [5, 5.41) is 6.03. The highest BCUT2D eigenvalue weighted by molar-refractivity contribution is 5.95. The lowest BCUT2D eigenvalue weighted by Crippen LogP contribution is -2.45. The average Bonchev–Trinajstić information content (AvgIpc) is 2.84. The largest absolute Gasteiger partial charge is 0.380 e. The van der Waals surface area contributed by atoms with E-state index in [1.54, 1.807) is 0 Å². The molecule has 7 heteroatoms. The van der Waals surface area contributed by atoms with E-state index >= 15 is 0 Å². The first-order chi connectivity index (χ1) is 16.0. The summed E-state index contributed by atoms with van der Waals surface area (Å²) in [6, 6.07) is 13.6. The molecule has 1 aliphatic heterocycles. The van der Waals surface area contributed by atoms with Gasteiger partial charge in [-0.2, -0.15) is 0 Å². The van der Waals surface area contributed by atoms with Crippen LogP contribution in [0.25, 0.3) is 0 Å². The molecule has 2 N–H and O–H groups in total. The Bertz CT molecular complexity index is 911. The van der Waals surface area contributed by atoms with Gasteiger partial charge in [0.25, 0.3) is 5.91 Å². The third-order valence-electron chi connectivity index (χ3n) is 6.00. The topological polar surface area (TPSA) is 83.6 Å². The first kappa shape index (κ1) is 24.7. The summed E-state index contributed by atoms with van der Waals surface area (Å²) in [7, 11) is 0. The first-order valence-electron chi connectivity index (χ1n) is 11.9. The number of aromatic nitrogens is 1. The van der Waals surface area contributed by atoms with Crippen molar-refractivity contribution in [1.29, 1.82) is 0 Å². The smallest absolute Gasteiger partial charge is 0.317 e. The van der Waals surface area contributed by atoms with Crippen LogP contribution in [0.4, 0.5) is 4.79 Å². The van der Waals surface area contributed by atoms with Crippen molar-refractivity contribution in [2.45, 2.75) is 52.0 Å². The third kappa shape index (κ3) is 7.02. The van der Waals surface area contributed by atoms with Crippen LogP contribution in [0, 0.1) is 6.92 Å². The number of carbonyl (C=O) groups excluding carboxylic acids is 2. The number of carbonyl (C=O) groups is 2. The number of nitrogens with one attached hydrogen (secondary N) is 2. The van der Waals surface area contributed by atoms with Gasteiger partial charge in [-0.3, -0.25) is 9.78 Å². The summed E-state index contributed by atoms with van der Waals surface area (Å²) in [6.07, 6.45) is 2.52. The fraction of sp³-hybridized carbons (Fsp3) is 0.500. The molecule has 0 radical (unpaired) electrons. The fourth-order valence-corrected chi connectivity index (χ4v) is 4.12. The van der Waals surface area contributed by atoms with E-state index in [0.717, 1.165) is 36.2 Å². The van der Waals surface area contributed by atoms with Crippen molar-refractivity contribution >= 4 is 11.9 Å². The van der Waals surface area contributed by atoms with Crippen LogP contribution in [0.2, 0.25) is 0 Å². The number of pyridine rings is 1. The van der Waals surface area contributed by atoms with Gasteiger partial charge in [0, 0.05) is 37.9 Å². The molecule has 2 aromatic rings. The number of nitrogens with zero attached hydrogens (tertiary/aromatic N) is 2. The van der Waals surface area contributed by atoms with Gasteiger partial charge in [-0.15, -0.1) is 0 Å². The Hall–Kier alpha value is -2.93. The second kappa shape index (κ2) is 12.3. The molecular formula is C26H36N4O3. The SMILES string of the molecule is CCCOCCNC(=O)c1ccc(C)nc1C1CCN(C(=O)NC(C)c2ccccc2)CC1. The molecule has 0 bridgehead atoms. The van der Waals surface area contributed by atoms with E-state index in [4.69, 9.17) is 9.72 Å². The summed E-state index contributed by atoms with van der Waals surface area (Å²) in [6.45, 7) is 8.95. The number of benzene rings is 1. The zero-order valence-corrected chi connectivity index (χ0v) is 20.0. The quantitative estimate of drug-likeness (QED) is 0.559. The third-order valence-corrected chi connectivity index (χ3v) is 6.00. The highest BCUT2D eigenvalue weighted by Crippen LogP contribution is 2.29. The summed E-state index contributed by atoms with van der Waals surface area (Å²) >= 11 is 0. The van der Waals surface area contributed by atoms with Crippen LogP contribution in [0.1, 0.15) is 72.4 Å². The van der Waals surface area contributed by atoms with Crippen LogP contribution < -0.4 is 10.6 Å². The van der Waals surface area contributed by atoms with Gasteiger partial charge in [0.1, 0.15) is 0 Å². The molecule has 2 heterocycles. The lowest BCUT2D eigenvalue weighted by atomic mass is 9.90. The monoisotopic (exact) mass is 452 g/mol. The average molecular weight is 453 g/mol. The number of piperidine rings is 1. The second-order valence-electron chi connectivity index (χ2n) is 8.60. The van der Waals surface area contributed by atoms with Gasteiger partial charge in [-0.1, -0.05) is 37.3 Å². The number of rotatable bonds is 9. The number of amides is 3. The summed E-state index contributed by atoms with van der Waals surface area (Å²) in [5.41, 5.74) is 3.43. The minimum atomic E-state index is -0.116. The second-order valence-corrected chi connectivity index (χ2v) is 8.60. The van der Waals surface area contributed by atoms with Crippen LogP contribution >= 0.6 is 0 Å². The molecule has 0 aliphatic carbocycles. The number of likely N-dealkylation sites (tertiary alicyclic amines) is 1. The maximum atomic E-state index is 12.8. The van der Waals surface area contributed by atoms with E-state index in [1.807, 2.05) is 61.2 Å². The van der Waals surface area contributed by atoms with Crippen LogP contribution in [0.5, 0.6) is 0 Å². The molecule has 1 aromatic heterocycles. The number of hydrogen-bond acceptors (Lipinski definition) is 4. The molecule has 0 spiro atoms.